The summed E-state index contributed by atoms with van der Waals surface area (Å²) < 4.78 is 0. The highest BCUT2D eigenvalue weighted by Gasteiger charge is 2.11. The minimum absolute atomic E-state index is 0.223. The molecule has 0 N–H and O–H groups in total. The Morgan fingerprint density at radius 1 is 1.18 bits per heavy atom. The van der Waals surface area contributed by atoms with Gasteiger partial charge in [0.25, 0.3) is 0 Å². The van der Waals surface area contributed by atoms with Crippen LogP contribution in [0.15, 0.2) is 43.0 Å². The molecule has 5 heteroatoms. The monoisotopic (exact) mass is 242 g/mol. The van der Waals surface area contributed by atoms with E-state index in [1.54, 1.807) is 43.0 Å². The van der Waals surface area contributed by atoms with Gasteiger partial charge in [-0.15, -0.1) is 0 Å². The molecule has 0 aliphatic heterocycles. The fraction of sp³-hybridized carbons (Fsp3) is 0. The Hall–Kier alpha value is -2.25. The molecule has 2 heterocycles. The van der Waals surface area contributed by atoms with Crippen LogP contribution in [-0.2, 0) is 0 Å². The van der Waals surface area contributed by atoms with Crippen LogP contribution in [-0.4, -0.2) is 15.0 Å². The molecule has 0 atom stereocenters. The summed E-state index contributed by atoms with van der Waals surface area (Å²) >= 11 is 6.11. The molecule has 0 spiro atoms. The van der Waals surface area contributed by atoms with Crippen LogP contribution >= 0.6 is 11.6 Å². The van der Waals surface area contributed by atoms with Gasteiger partial charge in [-0.2, -0.15) is 5.26 Å². The van der Waals surface area contributed by atoms with Crippen molar-refractivity contribution in [2.75, 3.05) is 0 Å². The Labute approximate surface area is 103 Å². The molecular weight excluding hydrogens is 236 g/mol. The fourth-order valence-corrected chi connectivity index (χ4v) is 1.52. The molecule has 0 radical (unpaired) electrons. The second kappa shape index (κ2) is 5.19. The number of allylic oxidation sites excluding steroid dienone is 1. The molecule has 2 aromatic rings. The molecule has 0 bridgehead atoms. The Balaban J connectivity index is 2.53. The van der Waals surface area contributed by atoms with Crippen LogP contribution in [0, 0.1) is 11.3 Å². The minimum atomic E-state index is 0.223. The maximum absolute atomic E-state index is 9.14. The van der Waals surface area contributed by atoms with Gasteiger partial charge in [-0.1, -0.05) is 17.7 Å². The van der Waals surface area contributed by atoms with E-state index in [9.17, 15) is 0 Å². The van der Waals surface area contributed by atoms with E-state index < -0.39 is 0 Å². The number of rotatable bonds is 2. The molecule has 0 saturated heterocycles. The second-order valence-corrected chi connectivity index (χ2v) is 3.49. The summed E-state index contributed by atoms with van der Waals surface area (Å²) in [6.45, 7) is 0. The number of hydrogen-bond donors (Lipinski definition) is 0. The zero-order valence-electron chi connectivity index (χ0n) is 8.71. The fourth-order valence-electron chi connectivity index (χ4n) is 1.28. The zero-order chi connectivity index (χ0) is 12.1. The van der Waals surface area contributed by atoms with Crippen LogP contribution in [0.4, 0.5) is 0 Å². The van der Waals surface area contributed by atoms with E-state index in [1.165, 1.54) is 0 Å². The van der Waals surface area contributed by atoms with E-state index in [-0.39, 0.29) is 5.03 Å². The number of nitriles is 1. The lowest BCUT2D eigenvalue weighted by molar-refractivity contribution is 1.13. The molecule has 0 amide bonds. The normalized spacial score (nSPS) is 11.5. The van der Waals surface area contributed by atoms with Gasteiger partial charge in [0.2, 0.25) is 0 Å². The summed E-state index contributed by atoms with van der Waals surface area (Å²) in [5.74, 6) is 0.328. The van der Waals surface area contributed by atoms with Gasteiger partial charge in [0.1, 0.15) is 11.1 Å². The first-order chi connectivity index (χ1) is 8.33. The first-order valence-electron chi connectivity index (χ1n) is 4.80. The first-order valence-corrected chi connectivity index (χ1v) is 5.18. The summed E-state index contributed by atoms with van der Waals surface area (Å²) in [5.41, 5.74) is 0.957. The van der Waals surface area contributed by atoms with Gasteiger partial charge in [0.05, 0.1) is 5.57 Å². The van der Waals surface area contributed by atoms with Crippen LogP contribution in [0.2, 0.25) is 0 Å². The van der Waals surface area contributed by atoms with Crippen molar-refractivity contribution in [1.82, 2.24) is 15.0 Å². The SMILES string of the molecule is N#C/C(=C(/Cl)c1ncccn1)c1cccnc1. The van der Waals surface area contributed by atoms with Gasteiger partial charge >= 0.3 is 0 Å². The van der Waals surface area contributed by atoms with Crippen LogP contribution in [0.3, 0.4) is 0 Å². The molecule has 17 heavy (non-hydrogen) atoms. The van der Waals surface area contributed by atoms with Gasteiger partial charge in [-0.25, -0.2) is 9.97 Å². The average Bonchev–Trinajstić information content (AvgIpc) is 2.42. The quantitative estimate of drug-likeness (QED) is 0.759. The van der Waals surface area contributed by atoms with Crippen molar-refractivity contribution in [3.63, 3.8) is 0 Å². The Kier molecular flexibility index (Phi) is 3.43. The molecule has 4 nitrogen and oxygen atoms in total. The van der Waals surface area contributed by atoms with E-state index in [0.29, 0.717) is 17.0 Å². The number of pyridine rings is 1. The summed E-state index contributed by atoms with van der Waals surface area (Å²) in [6.07, 6.45) is 6.35. The Bertz CT molecular complexity index is 572. The molecular formula is C12H7ClN4. The first kappa shape index (κ1) is 11.2. The zero-order valence-corrected chi connectivity index (χ0v) is 9.46. The number of hydrogen-bond acceptors (Lipinski definition) is 4. The van der Waals surface area contributed by atoms with Gasteiger partial charge in [-0.05, 0) is 12.1 Å². The number of aromatic nitrogens is 3. The lowest BCUT2D eigenvalue weighted by Crippen LogP contribution is -1.92. The van der Waals surface area contributed by atoms with Crippen molar-refractivity contribution in [3.05, 3.63) is 54.4 Å². The molecule has 0 saturated carbocycles. The van der Waals surface area contributed by atoms with Gasteiger partial charge in [0.15, 0.2) is 5.82 Å². The highest BCUT2D eigenvalue weighted by atomic mass is 35.5. The Morgan fingerprint density at radius 2 is 1.94 bits per heavy atom. The number of halogens is 1. The second-order valence-electron chi connectivity index (χ2n) is 3.11. The third kappa shape index (κ3) is 2.47. The van der Waals surface area contributed by atoms with Crippen molar-refractivity contribution >= 4 is 22.2 Å². The topological polar surface area (TPSA) is 62.5 Å². The van der Waals surface area contributed by atoms with E-state index in [4.69, 9.17) is 16.9 Å². The van der Waals surface area contributed by atoms with E-state index in [0.717, 1.165) is 0 Å². The highest BCUT2D eigenvalue weighted by molar-refractivity contribution is 6.52. The number of nitrogens with zero attached hydrogens (tertiary/aromatic N) is 4. The van der Waals surface area contributed by atoms with Gasteiger partial charge in [0, 0.05) is 30.4 Å². The summed E-state index contributed by atoms with van der Waals surface area (Å²) in [5, 5.41) is 9.36. The van der Waals surface area contributed by atoms with E-state index in [2.05, 4.69) is 15.0 Å². The average molecular weight is 243 g/mol. The molecule has 0 aromatic carbocycles. The van der Waals surface area contributed by atoms with Crippen molar-refractivity contribution in [1.29, 1.82) is 5.26 Å². The largest absolute Gasteiger partial charge is 0.264 e. The maximum atomic E-state index is 9.14. The smallest absolute Gasteiger partial charge is 0.172 e. The Morgan fingerprint density at radius 3 is 2.53 bits per heavy atom. The molecule has 0 aliphatic carbocycles. The van der Waals surface area contributed by atoms with Crippen LogP contribution in [0.1, 0.15) is 11.4 Å². The molecule has 0 unspecified atom stereocenters. The van der Waals surface area contributed by atoms with Crippen LogP contribution in [0.5, 0.6) is 0 Å². The van der Waals surface area contributed by atoms with E-state index >= 15 is 0 Å². The predicted octanol–water partition coefficient (Wildman–Crippen LogP) is 2.50. The molecule has 0 fully saturated rings. The third-order valence-electron chi connectivity index (χ3n) is 2.04. The van der Waals surface area contributed by atoms with Crippen LogP contribution in [0.25, 0.3) is 10.6 Å². The van der Waals surface area contributed by atoms with Crippen molar-refractivity contribution in [3.8, 4) is 6.07 Å². The lowest BCUT2D eigenvalue weighted by atomic mass is 10.1. The molecule has 82 valence electrons. The van der Waals surface area contributed by atoms with Crippen molar-refractivity contribution in [2.24, 2.45) is 0 Å². The molecule has 2 rings (SSSR count). The van der Waals surface area contributed by atoms with E-state index in [1.807, 2.05) is 6.07 Å². The summed E-state index contributed by atoms with van der Waals surface area (Å²) in [6, 6.07) is 7.23. The third-order valence-corrected chi connectivity index (χ3v) is 2.40. The van der Waals surface area contributed by atoms with Crippen molar-refractivity contribution in [2.45, 2.75) is 0 Å². The van der Waals surface area contributed by atoms with Crippen molar-refractivity contribution < 1.29 is 0 Å². The minimum Gasteiger partial charge on any atom is -0.264 e. The summed E-state index contributed by atoms with van der Waals surface area (Å²) in [7, 11) is 0. The van der Waals surface area contributed by atoms with Gasteiger partial charge in [-0.3, -0.25) is 4.98 Å². The van der Waals surface area contributed by atoms with Crippen LogP contribution < -0.4 is 0 Å². The lowest BCUT2D eigenvalue weighted by Gasteiger charge is -2.01. The molecule has 2 aromatic heterocycles. The summed E-state index contributed by atoms with van der Waals surface area (Å²) in [4.78, 5) is 11.9. The predicted molar refractivity (Wildman–Crippen MR) is 64.5 cm³/mol. The van der Waals surface area contributed by atoms with Gasteiger partial charge < -0.3 is 0 Å². The highest BCUT2D eigenvalue weighted by Crippen LogP contribution is 2.26. The molecule has 0 aliphatic rings. The maximum Gasteiger partial charge on any atom is 0.172 e. The standard InChI is InChI=1S/C12H7ClN4/c13-11(12-16-5-2-6-17-12)10(7-14)9-3-1-4-15-8-9/h1-6,8H/b11-10-.